The predicted molar refractivity (Wildman–Crippen MR) is 130 cm³/mol. The molecule has 2 aromatic rings. The van der Waals surface area contributed by atoms with Gasteiger partial charge in [-0.3, -0.25) is 4.68 Å². The summed E-state index contributed by atoms with van der Waals surface area (Å²) in [5.74, 6) is 1.88. The summed E-state index contributed by atoms with van der Waals surface area (Å²) in [6.07, 6.45) is 0. The SMILES string of the molecule is CCNC(=NCc1c(C)nn(C)c1C)N1CCN(c2ccc(OC)cc2)CC1.I. The van der Waals surface area contributed by atoms with Crippen molar-refractivity contribution in [2.45, 2.75) is 27.3 Å². The van der Waals surface area contributed by atoms with Crippen LogP contribution in [0.2, 0.25) is 0 Å². The van der Waals surface area contributed by atoms with Crippen LogP contribution in [-0.2, 0) is 13.6 Å². The zero-order valence-electron chi connectivity index (χ0n) is 18.1. The molecule has 0 atom stereocenters. The molecular formula is C21H33IN6O. The third kappa shape index (κ3) is 5.55. The van der Waals surface area contributed by atoms with Gasteiger partial charge in [-0.15, -0.1) is 24.0 Å². The van der Waals surface area contributed by atoms with Crippen LogP contribution in [0.5, 0.6) is 5.75 Å². The molecule has 0 spiro atoms. The van der Waals surface area contributed by atoms with E-state index in [1.807, 2.05) is 23.9 Å². The molecule has 0 bridgehead atoms. The number of hydrogen-bond acceptors (Lipinski definition) is 4. The van der Waals surface area contributed by atoms with E-state index in [1.54, 1.807) is 7.11 Å². The molecule has 1 aliphatic heterocycles. The van der Waals surface area contributed by atoms with E-state index in [9.17, 15) is 0 Å². The maximum absolute atomic E-state index is 5.26. The Morgan fingerprint density at radius 3 is 2.31 bits per heavy atom. The number of guanidine groups is 1. The minimum absolute atomic E-state index is 0. The summed E-state index contributed by atoms with van der Waals surface area (Å²) >= 11 is 0. The molecule has 0 unspecified atom stereocenters. The Morgan fingerprint density at radius 2 is 1.79 bits per heavy atom. The lowest BCUT2D eigenvalue weighted by atomic mass is 10.2. The van der Waals surface area contributed by atoms with Crippen molar-refractivity contribution in [2.24, 2.45) is 12.0 Å². The smallest absolute Gasteiger partial charge is 0.194 e. The summed E-state index contributed by atoms with van der Waals surface area (Å²) in [4.78, 5) is 9.67. The van der Waals surface area contributed by atoms with E-state index in [1.165, 1.54) is 16.9 Å². The standard InChI is InChI=1S/C21H32N6O.HI/c1-6-22-21(23-15-20-16(2)24-25(4)17(20)3)27-13-11-26(12-14-27)18-7-9-19(28-5)10-8-18;/h7-10H,6,11-15H2,1-5H3,(H,22,23);1H. The minimum atomic E-state index is 0. The quantitative estimate of drug-likeness (QED) is 0.380. The number of nitrogens with one attached hydrogen (secondary N) is 1. The summed E-state index contributed by atoms with van der Waals surface area (Å²) in [6.45, 7) is 11.6. The Balaban J connectivity index is 0.00000300. The zero-order chi connectivity index (χ0) is 20.1. The van der Waals surface area contributed by atoms with Crippen LogP contribution in [0.3, 0.4) is 0 Å². The predicted octanol–water partition coefficient (Wildman–Crippen LogP) is 2.95. The highest BCUT2D eigenvalue weighted by atomic mass is 127. The molecule has 0 radical (unpaired) electrons. The number of nitrogens with zero attached hydrogens (tertiary/aromatic N) is 5. The molecule has 0 amide bonds. The molecule has 1 saturated heterocycles. The molecule has 1 fully saturated rings. The van der Waals surface area contributed by atoms with E-state index in [0.29, 0.717) is 6.54 Å². The third-order valence-corrected chi connectivity index (χ3v) is 5.40. The first-order valence-electron chi connectivity index (χ1n) is 9.94. The van der Waals surface area contributed by atoms with Crippen LogP contribution in [0, 0.1) is 13.8 Å². The molecule has 3 rings (SSSR count). The van der Waals surface area contributed by atoms with Gasteiger partial charge in [-0.2, -0.15) is 5.10 Å². The number of hydrogen-bond donors (Lipinski definition) is 1. The zero-order valence-corrected chi connectivity index (χ0v) is 20.4. The van der Waals surface area contributed by atoms with Crippen molar-refractivity contribution >= 4 is 35.6 Å². The van der Waals surface area contributed by atoms with E-state index in [2.05, 4.69) is 53.1 Å². The van der Waals surface area contributed by atoms with Gasteiger partial charge in [0.15, 0.2) is 5.96 Å². The molecule has 1 aromatic heterocycles. The average Bonchev–Trinajstić information content (AvgIpc) is 2.97. The third-order valence-electron chi connectivity index (χ3n) is 5.40. The minimum Gasteiger partial charge on any atom is -0.497 e. The number of aliphatic imine (C=N–C) groups is 1. The lowest BCUT2D eigenvalue weighted by Gasteiger charge is -2.37. The lowest BCUT2D eigenvalue weighted by Crippen LogP contribution is -2.52. The maximum Gasteiger partial charge on any atom is 0.194 e. The van der Waals surface area contributed by atoms with E-state index in [0.717, 1.165) is 50.1 Å². The van der Waals surface area contributed by atoms with Gasteiger partial charge in [0.2, 0.25) is 0 Å². The first-order chi connectivity index (χ1) is 13.5. The maximum atomic E-state index is 5.26. The summed E-state index contributed by atoms with van der Waals surface area (Å²) in [7, 11) is 3.68. The van der Waals surface area contributed by atoms with Crippen LogP contribution in [-0.4, -0.2) is 60.5 Å². The Kier molecular flexibility index (Phi) is 8.60. The molecule has 0 aliphatic carbocycles. The highest BCUT2D eigenvalue weighted by molar-refractivity contribution is 14.0. The fourth-order valence-corrected chi connectivity index (χ4v) is 3.60. The number of aryl methyl sites for hydroxylation is 2. The lowest BCUT2D eigenvalue weighted by molar-refractivity contribution is 0.372. The molecule has 29 heavy (non-hydrogen) atoms. The van der Waals surface area contributed by atoms with Gasteiger partial charge in [0.05, 0.1) is 19.3 Å². The molecule has 1 aliphatic rings. The van der Waals surface area contributed by atoms with Gasteiger partial charge < -0.3 is 19.9 Å². The van der Waals surface area contributed by atoms with E-state index >= 15 is 0 Å². The number of piperazine rings is 1. The summed E-state index contributed by atoms with van der Waals surface area (Å²) in [5.41, 5.74) is 4.70. The number of ether oxygens (including phenoxy) is 1. The van der Waals surface area contributed by atoms with Crippen LogP contribution in [0.4, 0.5) is 5.69 Å². The second kappa shape index (κ2) is 10.7. The van der Waals surface area contributed by atoms with Crippen molar-refractivity contribution in [2.75, 3.05) is 44.7 Å². The fourth-order valence-electron chi connectivity index (χ4n) is 3.60. The van der Waals surface area contributed by atoms with Crippen LogP contribution < -0.4 is 15.0 Å². The Bertz CT molecular complexity index is 809. The number of aromatic nitrogens is 2. The largest absolute Gasteiger partial charge is 0.497 e. The first-order valence-corrected chi connectivity index (χ1v) is 9.94. The Morgan fingerprint density at radius 1 is 1.14 bits per heavy atom. The van der Waals surface area contributed by atoms with Crippen LogP contribution in [0.1, 0.15) is 23.9 Å². The van der Waals surface area contributed by atoms with Crippen LogP contribution >= 0.6 is 24.0 Å². The van der Waals surface area contributed by atoms with Gasteiger partial charge in [-0.05, 0) is 45.0 Å². The molecule has 160 valence electrons. The van der Waals surface area contributed by atoms with Gasteiger partial charge in [-0.1, -0.05) is 0 Å². The van der Waals surface area contributed by atoms with E-state index in [4.69, 9.17) is 9.73 Å². The average molecular weight is 512 g/mol. The summed E-state index contributed by atoms with van der Waals surface area (Å²) in [5, 5.41) is 7.95. The first kappa shape index (κ1) is 23.3. The normalized spacial score (nSPS) is 14.6. The van der Waals surface area contributed by atoms with Crippen molar-refractivity contribution < 1.29 is 4.74 Å². The molecule has 0 saturated carbocycles. The molecule has 8 heteroatoms. The number of rotatable bonds is 5. The molecule has 2 heterocycles. The van der Waals surface area contributed by atoms with Gasteiger partial charge >= 0.3 is 0 Å². The second-order valence-electron chi connectivity index (χ2n) is 7.12. The fraction of sp³-hybridized carbons (Fsp3) is 0.524. The van der Waals surface area contributed by atoms with Gasteiger partial charge in [-0.25, -0.2) is 4.99 Å². The van der Waals surface area contributed by atoms with Crippen molar-refractivity contribution in [1.82, 2.24) is 20.0 Å². The number of benzene rings is 1. The molecule has 7 nitrogen and oxygen atoms in total. The second-order valence-corrected chi connectivity index (χ2v) is 7.12. The highest BCUT2D eigenvalue weighted by Gasteiger charge is 2.20. The number of halogens is 1. The number of anilines is 1. The van der Waals surface area contributed by atoms with Crippen LogP contribution in [0.25, 0.3) is 0 Å². The summed E-state index contributed by atoms with van der Waals surface area (Å²) in [6, 6.07) is 8.29. The Labute approximate surface area is 191 Å². The summed E-state index contributed by atoms with van der Waals surface area (Å²) < 4.78 is 7.19. The highest BCUT2D eigenvalue weighted by Crippen LogP contribution is 2.20. The van der Waals surface area contributed by atoms with Gasteiger partial charge in [0, 0.05) is 56.7 Å². The molecular weight excluding hydrogens is 479 g/mol. The van der Waals surface area contributed by atoms with Crippen molar-refractivity contribution in [3.05, 3.63) is 41.2 Å². The monoisotopic (exact) mass is 512 g/mol. The van der Waals surface area contributed by atoms with Crippen molar-refractivity contribution in [3.63, 3.8) is 0 Å². The van der Waals surface area contributed by atoms with E-state index in [-0.39, 0.29) is 24.0 Å². The van der Waals surface area contributed by atoms with Crippen LogP contribution in [0.15, 0.2) is 29.3 Å². The van der Waals surface area contributed by atoms with Gasteiger partial charge in [0.1, 0.15) is 5.75 Å². The Hall–Kier alpha value is -1.97. The van der Waals surface area contributed by atoms with Crippen molar-refractivity contribution in [3.8, 4) is 5.75 Å². The number of methoxy groups -OCH3 is 1. The molecule has 1 aromatic carbocycles. The van der Waals surface area contributed by atoms with Crippen molar-refractivity contribution in [1.29, 1.82) is 0 Å². The molecule has 1 N–H and O–H groups in total. The van der Waals surface area contributed by atoms with Gasteiger partial charge in [0.25, 0.3) is 0 Å². The topological polar surface area (TPSA) is 57.9 Å². The van der Waals surface area contributed by atoms with E-state index < -0.39 is 0 Å².